The van der Waals surface area contributed by atoms with Crippen molar-refractivity contribution in [3.8, 4) is 0 Å². The van der Waals surface area contributed by atoms with Crippen LogP contribution in [-0.2, 0) is 0 Å². The maximum Gasteiger partial charge on any atom is 0.0177 e. The summed E-state index contributed by atoms with van der Waals surface area (Å²) >= 11 is 0. The van der Waals surface area contributed by atoms with Gasteiger partial charge in [0.25, 0.3) is 0 Å². The van der Waals surface area contributed by atoms with Gasteiger partial charge < -0.3 is 5.73 Å². The minimum atomic E-state index is 0.537. The molecule has 0 atom stereocenters. The molecule has 0 aromatic rings. The quantitative estimate of drug-likeness (QED) is 0.616. The van der Waals surface area contributed by atoms with Crippen LogP contribution in [0.25, 0.3) is 0 Å². The molecule has 1 nitrogen and oxygen atoms in total. The number of rotatable bonds is 3. The van der Waals surface area contributed by atoms with Crippen LogP contribution in [0, 0.1) is 0 Å². The Morgan fingerprint density at radius 2 is 1.82 bits per heavy atom. The average molecular weight is 151 g/mol. The summed E-state index contributed by atoms with van der Waals surface area (Å²) in [5.74, 6) is 0. The second-order valence-electron chi connectivity index (χ2n) is 2.45. The van der Waals surface area contributed by atoms with Gasteiger partial charge in [-0.2, -0.15) is 0 Å². The van der Waals surface area contributed by atoms with Gasteiger partial charge in [-0.1, -0.05) is 50.6 Å². The standard InChI is InChI=1S/C7H11N.C3H6/c1-3-5-7(4-2)6-8;1-2-3-1/h3-5H,1-2,6,8H2;1-3H2/b7-5+;. The molecule has 11 heavy (non-hydrogen) atoms. The van der Waals surface area contributed by atoms with Gasteiger partial charge in [0.05, 0.1) is 0 Å². The summed E-state index contributed by atoms with van der Waals surface area (Å²) in [4.78, 5) is 0. The van der Waals surface area contributed by atoms with E-state index in [-0.39, 0.29) is 0 Å². The lowest BCUT2D eigenvalue weighted by molar-refractivity contribution is 1.19. The van der Waals surface area contributed by atoms with Crippen LogP contribution in [-0.4, -0.2) is 6.54 Å². The van der Waals surface area contributed by atoms with E-state index < -0.39 is 0 Å². The van der Waals surface area contributed by atoms with Crippen molar-refractivity contribution in [3.63, 3.8) is 0 Å². The van der Waals surface area contributed by atoms with E-state index in [1.807, 2.05) is 6.08 Å². The number of hydrogen-bond donors (Lipinski definition) is 1. The zero-order valence-electron chi connectivity index (χ0n) is 7.05. The summed E-state index contributed by atoms with van der Waals surface area (Å²) in [5.41, 5.74) is 6.30. The minimum absolute atomic E-state index is 0.537. The molecule has 0 spiro atoms. The van der Waals surface area contributed by atoms with Crippen LogP contribution in [0.2, 0.25) is 0 Å². The molecule has 0 amide bonds. The maximum absolute atomic E-state index is 5.28. The van der Waals surface area contributed by atoms with E-state index >= 15 is 0 Å². The van der Waals surface area contributed by atoms with Gasteiger partial charge in [0, 0.05) is 6.54 Å². The topological polar surface area (TPSA) is 26.0 Å². The van der Waals surface area contributed by atoms with Crippen molar-refractivity contribution in [2.75, 3.05) is 6.54 Å². The highest BCUT2D eigenvalue weighted by Crippen LogP contribution is 2.14. The Morgan fingerprint density at radius 3 is 1.91 bits per heavy atom. The van der Waals surface area contributed by atoms with Crippen LogP contribution >= 0.6 is 0 Å². The normalized spacial score (nSPS) is 14.5. The van der Waals surface area contributed by atoms with Crippen molar-refractivity contribution in [2.24, 2.45) is 5.73 Å². The number of nitrogens with two attached hydrogens (primary N) is 1. The first-order valence-corrected chi connectivity index (χ1v) is 3.99. The van der Waals surface area contributed by atoms with Gasteiger partial charge in [0.15, 0.2) is 0 Å². The molecule has 0 aromatic carbocycles. The van der Waals surface area contributed by atoms with Crippen LogP contribution in [0.5, 0.6) is 0 Å². The van der Waals surface area contributed by atoms with Gasteiger partial charge in [-0.15, -0.1) is 0 Å². The molecule has 1 saturated carbocycles. The molecule has 0 aromatic heterocycles. The Morgan fingerprint density at radius 1 is 1.27 bits per heavy atom. The molecule has 0 radical (unpaired) electrons. The molecular formula is C10H17N. The molecule has 0 unspecified atom stereocenters. The third kappa shape index (κ3) is 9.18. The highest BCUT2D eigenvalue weighted by molar-refractivity contribution is 5.21. The molecule has 0 aliphatic heterocycles. The van der Waals surface area contributed by atoms with E-state index in [0.717, 1.165) is 5.57 Å². The monoisotopic (exact) mass is 151 g/mol. The highest BCUT2D eigenvalue weighted by atomic mass is 14.5. The Labute approximate surface area is 69.3 Å². The average Bonchev–Trinajstić information content (AvgIpc) is 2.85. The smallest absolute Gasteiger partial charge is 0.0177 e. The fourth-order valence-electron chi connectivity index (χ4n) is 0.371. The van der Waals surface area contributed by atoms with Crippen LogP contribution < -0.4 is 5.73 Å². The lowest BCUT2D eigenvalue weighted by Gasteiger charge is -1.89. The van der Waals surface area contributed by atoms with E-state index in [2.05, 4.69) is 13.2 Å². The molecule has 0 heterocycles. The largest absolute Gasteiger partial charge is 0.326 e. The summed E-state index contributed by atoms with van der Waals surface area (Å²) in [6, 6.07) is 0. The first kappa shape index (κ1) is 10.2. The summed E-state index contributed by atoms with van der Waals surface area (Å²) in [6.07, 6.45) is 9.76. The summed E-state index contributed by atoms with van der Waals surface area (Å²) in [7, 11) is 0. The van der Waals surface area contributed by atoms with Gasteiger partial charge >= 0.3 is 0 Å². The fourth-order valence-corrected chi connectivity index (χ4v) is 0.371. The first-order valence-electron chi connectivity index (χ1n) is 3.99. The predicted octanol–water partition coefficient (Wildman–Crippen LogP) is 2.41. The van der Waals surface area contributed by atoms with Crippen molar-refractivity contribution in [1.29, 1.82) is 0 Å². The predicted molar refractivity (Wildman–Crippen MR) is 51.4 cm³/mol. The second kappa shape index (κ2) is 7.29. The van der Waals surface area contributed by atoms with Gasteiger partial charge in [0.2, 0.25) is 0 Å². The maximum atomic E-state index is 5.28. The van der Waals surface area contributed by atoms with Crippen LogP contribution in [0.3, 0.4) is 0 Å². The summed E-state index contributed by atoms with van der Waals surface area (Å²) in [5, 5.41) is 0. The second-order valence-corrected chi connectivity index (χ2v) is 2.45. The van der Waals surface area contributed by atoms with Crippen LogP contribution in [0.15, 0.2) is 37.0 Å². The molecule has 2 N–H and O–H groups in total. The van der Waals surface area contributed by atoms with E-state index in [4.69, 9.17) is 5.73 Å². The molecular weight excluding hydrogens is 134 g/mol. The van der Waals surface area contributed by atoms with Crippen LogP contribution in [0.4, 0.5) is 0 Å². The van der Waals surface area contributed by atoms with Crippen molar-refractivity contribution < 1.29 is 0 Å². The SMILES string of the molecule is C1CC1.C=C/C=C(\C=C)CN. The number of hydrogen-bond acceptors (Lipinski definition) is 1. The molecule has 62 valence electrons. The molecule has 1 rings (SSSR count). The van der Waals surface area contributed by atoms with E-state index in [9.17, 15) is 0 Å². The first-order chi connectivity index (χ1) is 5.35. The summed E-state index contributed by atoms with van der Waals surface area (Å²) < 4.78 is 0. The molecule has 1 aliphatic rings. The third-order valence-corrected chi connectivity index (χ3v) is 1.18. The minimum Gasteiger partial charge on any atom is -0.326 e. The Balaban J connectivity index is 0.000000271. The fraction of sp³-hybridized carbons (Fsp3) is 0.400. The van der Waals surface area contributed by atoms with Crippen LogP contribution in [0.1, 0.15) is 19.3 Å². The molecule has 1 aliphatic carbocycles. The Kier molecular flexibility index (Phi) is 6.75. The molecule has 1 fully saturated rings. The van der Waals surface area contributed by atoms with Crippen molar-refractivity contribution >= 4 is 0 Å². The highest BCUT2D eigenvalue weighted by Gasteiger charge is 1.95. The molecule has 0 saturated heterocycles. The lowest BCUT2D eigenvalue weighted by atomic mass is 10.2. The third-order valence-electron chi connectivity index (χ3n) is 1.18. The van der Waals surface area contributed by atoms with Gasteiger partial charge in [-0.3, -0.25) is 0 Å². The summed E-state index contributed by atoms with van der Waals surface area (Å²) in [6.45, 7) is 7.61. The Bertz CT molecular complexity index is 140. The van der Waals surface area contributed by atoms with Gasteiger partial charge in [-0.25, -0.2) is 0 Å². The zero-order valence-corrected chi connectivity index (χ0v) is 7.05. The zero-order chi connectivity index (χ0) is 8.53. The van der Waals surface area contributed by atoms with Crippen molar-refractivity contribution in [2.45, 2.75) is 19.3 Å². The van der Waals surface area contributed by atoms with Crippen molar-refractivity contribution in [1.82, 2.24) is 0 Å². The lowest BCUT2D eigenvalue weighted by Crippen LogP contribution is -1.99. The number of allylic oxidation sites excluding steroid dienone is 2. The molecule has 0 bridgehead atoms. The van der Waals surface area contributed by atoms with Gasteiger partial charge in [-0.05, 0) is 5.57 Å². The Hall–Kier alpha value is -0.820. The van der Waals surface area contributed by atoms with E-state index in [0.29, 0.717) is 6.54 Å². The molecule has 1 heteroatoms. The van der Waals surface area contributed by atoms with Crippen molar-refractivity contribution in [3.05, 3.63) is 37.0 Å². The van der Waals surface area contributed by atoms with E-state index in [1.165, 1.54) is 19.3 Å². The van der Waals surface area contributed by atoms with E-state index in [1.54, 1.807) is 12.2 Å². The van der Waals surface area contributed by atoms with Gasteiger partial charge in [0.1, 0.15) is 0 Å².